The number of carbonyl (C=O) groups is 2. The molecule has 0 spiro atoms. The second-order valence-corrected chi connectivity index (χ2v) is 5.44. The molecule has 4 heteroatoms. The summed E-state index contributed by atoms with van der Waals surface area (Å²) in [5.41, 5.74) is -0.538. The van der Waals surface area contributed by atoms with Gasteiger partial charge >= 0.3 is 6.09 Å². The molecule has 1 amide bonds. The summed E-state index contributed by atoms with van der Waals surface area (Å²) < 4.78 is 5.10. The van der Waals surface area contributed by atoms with Gasteiger partial charge in [-0.1, -0.05) is 13.8 Å². The van der Waals surface area contributed by atoms with Gasteiger partial charge in [0.05, 0.1) is 6.04 Å². The smallest absolute Gasteiger partial charge is 0.408 e. The maximum Gasteiger partial charge on any atom is 0.408 e. The molecule has 16 heavy (non-hydrogen) atoms. The van der Waals surface area contributed by atoms with Gasteiger partial charge in [0.15, 0.2) is 5.78 Å². The molecule has 0 aromatic rings. The van der Waals surface area contributed by atoms with E-state index >= 15 is 0 Å². The summed E-state index contributed by atoms with van der Waals surface area (Å²) in [4.78, 5) is 22.8. The van der Waals surface area contributed by atoms with E-state index in [1.54, 1.807) is 20.8 Å². The maximum atomic E-state index is 11.5. The zero-order valence-electron chi connectivity index (χ0n) is 11.1. The first-order valence-corrected chi connectivity index (χ1v) is 5.62. The molecule has 4 nitrogen and oxygen atoms in total. The Morgan fingerprint density at radius 2 is 1.75 bits per heavy atom. The first kappa shape index (κ1) is 14.9. The van der Waals surface area contributed by atoms with Crippen LogP contribution in [0.3, 0.4) is 0 Å². The van der Waals surface area contributed by atoms with E-state index in [0.717, 1.165) is 0 Å². The van der Waals surface area contributed by atoms with Crippen molar-refractivity contribution in [3.8, 4) is 0 Å². The third kappa shape index (κ3) is 7.26. The average Bonchev–Trinajstić information content (AvgIpc) is 1.97. The van der Waals surface area contributed by atoms with Crippen molar-refractivity contribution in [3.05, 3.63) is 0 Å². The summed E-state index contributed by atoms with van der Waals surface area (Å²) in [5, 5.41) is 2.59. The van der Waals surface area contributed by atoms with Crippen molar-refractivity contribution in [2.75, 3.05) is 0 Å². The highest BCUT2D eigenvalue weighted by Gasteiger charge is 2.22. The van der Waals surface area contributed by atoms with E-state index in [9.17, 15) is 9.59 Å². The summed E-state index contributed by atoms with van der Waals surface area (Å²) in [5.74, 6) is 0.309. The lowest BCUT2D eigenvalue weighted by atomic mass is 10.0. The van der Waals surface area contributed by atoms with Crippen LogP contribution in [-0.2, 0) is 9.53 Å². The van der Waals surface area contributed by atoms with Crippen molar-refractivity contribution in [3.63, 3.8) is 0 Å². The number of Topliss-reactive ketones (excluding diaryl/α,β-unsaturated/α-hetero) is 1. The number of ether oxygens (including phenoxy) is 1. The van der Waals surface area contributed by atoms with Gasteiger partial charge in [-0.25, -0.2) is 4.79 Å². The molecule has 0 saturated carbocycles. The molecule has 1 unspecified atom stereocenters. The van der Waals surface area contributed by atoms with E-state index in [4.69, 9.17) is 4.74 Å². The number of ketones is 1. The SMILES string of the molecule is CC(=O)C(CC(C)C)NC(=O)OC(C)(C)C. The highest BCUT2D eigenvalue weighted by molar-refractivity contribution is 5.85. The lowest BCUT2D eigenvalue weighted by molar-refractivity contribution is -0.119. The topological polar surface area (TPSA) is 55.4 Å². The number of hydrogen-bond donors (Lipinski definition) is 1. The van der Waals surface area contributed by atoms with Crippen LogP contribution in [0.2, 0.25) is 0 Å². The molecule has 0 aliphatic carbocycles. The van der Waals surface area contributed by atoms with Crippen LogP contribution in [0.1, 0.15) is 48.0 Å². The Morgan fingerprint density at radius 3 is 2.06 bits per heavy atom. The Balaban J connectivity index is 4.30. The van der Waals surface area contributed by atoms with Crippen LogP contribution in [0, 0.1) is 5.92 Å². The zero-order valence-corrected chi connectivity index (χ0v) is 11.1. The van der Waals surface area contributed by atoms with Crippen molar-refractivity contribution in [2.45, 2.75) is 59.6 Å². The molecule has 0 aliphatic heterocycles. The predicted molar refractivity (Wildman–Crippen MR) is 63.3 cm³/mol. The fourth-order valence-corrected chi connectivity index (χ4v) is 1.25. The molecule has 94 valence electrons. The molecule has 0 saturated heterocycles. The van der Waals surface area contributed by atoms with Gasteiger partial charge in [-0.15, -0.1) is 0 Å². The maximum absolute atomic E-state index is 11.5. The summed E-state index contributed by atoms with van der Waals surface area (Å²) in [6, 6.07) is -0.449. The van der Waals surface area contributed by atoms with Crippen molar-refractivity contribution >= 4 is 11.9 Å². The first-order valence-electron chi connectivity index (χ1n) is 5.62. The lowest BCUT2D eigenvalue weighted by Crippen LogP contribution is -2.43. The van der Waals surface area contributed by atoms with Crippen molar-refractivity contribution in [1.29, 1.82) is 0 Å². The van der Waals surface area contributed by atoms with Crippen LogP contribution in [0.15, 0.2) is 0 Å². The largest absolute Gasteiger partial charge is 0.444 e. The van der Waals surface area contributed by atoms with Crippen LogP contribution < -0.4 is 5.32 Å². The fraction of sp³-hybridized carbons (Fsp3) is 0.833. The van der Waals surface area contributed by atoms with E-state index in [0.29, 0.717) is 12.3 Å². The van der Waals surface area contributed by atoms with Gasteiger partial charge in [0.1, 0.15) is 5.60 Å². The monoisotopic (exact) mass is 229 g/mol. The minimum absolute atomic E-state index is 0.0421. The van der Waals surface area contributed by atoms with Gasteiger partial charge in [-0.3, -0.25) is 4.79 Å². The Bertz CT molecular complexity index is 253. The Morgan fingerprint density at radius 1 is 1.25 bits per heavy atom. The van der Waals surface area contributed by atoms with E-state index in [1.165, 1.54) is 6.92 Å². The average molecular weight is 229 g/mol. The Kier molecular flexibility index (Phi) is 5.48. The second-order valence-electron chi connectivity index (χ2n) is 5.44. The number of rotatable bonds is 4. The van der Waals surface area contributed by atoms with Gasteiger partial charge in [-0.05, 0) is 40.0 Å². The van der Waals surface area contributed by atoms with Crippen LogP contribution in [0.4, 0.5) is 4.79 Å². The third-order valence-corrected chi connectivity index (χ3v) is 1.89. The molecule has 0 aromatic carbocycles. The molecule has 0 bridgehead atoms. The molecular weight excluding hydrogens is 206 g/mol. The summed E-state index contributed by atoms with van der Waals surface area (Å²) in [7, 11) is 0. The van der Waals surface area contributed by atoms with Crippen molar-refractivity contribution in [2.24, 2.45) is 5.92 Å². The van der Waals surface area contributed by atoms with E-state index in [-0.39, 0.29) is 5.78 Å². The van der Waals surface area contributed by atoms with Gasteiger partial charge in [-0.2, -0.15) is 0 Å². The van der Waals surface area contributed by atoms with Crippen molar-refractivity contribution in [1.82, 2.24) is 5.32 Å². The number of hydrogen-bond acceptors (Lipinski definition) is 3. The van der Waals surface area contributed by atoms with Crippen LogP contribution in [0.5, 0.6) is 0 Å². The zero-order chi connectivity index (χ0) is 12.9. The van der Waals surface area contributed by atoms with Crippen LogP contribution >= 0.6 is 0 Å². The summed E-state index contributed by atoms with van der Waals surface area (Å²) >= 11 is 0. The minimum Gasteiger partial charge on any atom is -0.444 e. The highest BCUT2D eigenvalue weighted by atomic mass is 16.6. The fourth-order valence-electron chi connectivity index (χ4n) is 1.25. The molecule has 0 heterocycles. The van der Waals surface area contributed by atoms with Gasteiger partial charge in [0.2, 0.25) is 0 Å². The normalized spacial score (nSPS) is 13.4. The molecule has 0 radical (unpaired) electrons. The number of nitrogens with one attached hydrogen (secondary N) is 1. The standard InChI is InChI=1S/C12H23NO3/c1-8(2)7-10(9(3)14)13-11(15)16-12(4,5)6/h8,10H,7H2,1-6H3,(H,13,15). The molecular formula is C12H23NO3. The van der Waals surface area contributed by atoms with Gasteiger partial charge in [0.25, 0.3) is 0 Å². The summed E-state index contributed by atoms with van der Waals surface area (Å²) in [6.45, 7) is 10.9. The van der Waals surface area contributed by atoms with Crippen molar-refractivity contribution < 1.29 is 14.3 Å². The molecule has 0 rings (SSSR count). The number of amides is 1. The second kappa shape index (κ2) is 5.87. The Hall–Kier alpha value is -1.06. The molecule has 1 N–H and O–H groups in total. The van der Waals surface area contributed by atoms with Crippen LogP contribution in [0.25, 0.3) is 0 Å². The van der Waals surface area contributed by atoms with E-state index in [2.05, 4.69) is 5.32 Å². The number of carbonyl (C=O) groups excluding carboxylic acids is 2. The molecule has 0 fully saturated rings. The summed E-state index contributed by atoms with van der Waals surface area (Å²) in [6.07, 6.45) is 0.0996. The lowest BCUT2D eigenvalue weighted by Gasteiger charge is -2.23. The highest BCUT2D eigenvalue weighted by Crippen LogP contribution is 2.09. The molecule has 0 aromatic heterocycles. The quantitative estimate of drug-likeness (QED) is 0.805. The van der Waals surface area contributed by atoms with Gasteiger partial charge in [0, 0.05) is 0 Å². The molecule has 0 aliphatic rings. The minimum atomic E-state index is -0.538. The van der Waals surface area contributed by atoms with Gasteiger partial charge < -0.3 is 10.1 Å². The first-order chi connectivity index (χ1) is 7.11. The van der Waals surface area contributed by atoms with E-state index < -0.39 is 17.7 Å². The van der Waals surface area contributed by atoms with Crippen LogP contribution in [-0.4, -0.2) is 23.5 Å². The Labute approximate surface area is 97.7 Å². The predicted octanol–water partition coefficient (Wildman–Crippen LogP) is 2.51. The third-order valence-electron chi connectivity index (χ3n) is 1.89. The van der Waals surface area contributed by atoms with E-state index in [1.807, 2.05) is 13.8 Å². The number of alkyl carbamates (subject to hydrolysis) is 1. The molecule has 1 atom stereocenters.